The summed E-state index contributed by atoms with van der Waals surface area (Å²) in [5, 5.41) is 1.38. The predicted octanol–water partition coefficient (Wildman–Crippen LogP) is 1.35. The summed E-state index contributed by atoms with van der Waals surface area (Å²) in [6.45, 7) is 3.14. The highest BCUT2D eigenvalue weighted by Crippen LogP contribution is 2.20. The number of nitrogens with zero attached hydrogens (tertiary/aromatic N) is 1. The van der Waals surface area contributed by atoms with Crippen molar-refractivity contribution >= 4 is 11.6 Å². The summed E-state index contributed by atoms with van der Waals surface area (Å²) in [4.78, 5) is 17.1. The van der Waals surface area contributed by atoms with Gasteiger partial charge in [0.1, 0.15) is 0 Å². The average Bonchev–Trinajstić information content (AvgIpc) is 2.74. The smallest absolute Gasteiger partial charge is 0.279 e. The van der Waals surface area contributed by atoms with Crippen LogP contribution in [0.1, 0.15) is 22.3 Å². The topological polar surface area (TPSA) is 55.6 Å². The molecule has 1 aromatic carbocycles. The lowest BCUT2D eigenvalue weighted by Crippen LogP contribution is -2.27. The van der Waals surface area contributed by atoms with Crippen molar-refractivity contribution in [1.82, 2.24) is 5.06 Å². The highest BCUT2D eigenvalue weighted by molar-refractivity contribution is 5.99. The van der Waals surface area contributed by atoms with E-state index in [1.54, 1.807) is 6.07 Å². The lowest BCUT2D eigenvalue weighted by Gasteiger charge is -2.15. The van der Waals surface area contributed by atoms with E-state index in [4.69, 9.17) is 10.6 Å². The molecule has 1 aliphatic rings. The second kappa shape index (κ2) is 3.90. The Bertz CT molecular complexity index is 384. The molecule has 80 valence electrons. The monoisotopic (exact) mass is 206 g/mol. The number of aryl methyl sites for hydroxylation is 1. The molecule has 1 aliphatic heterocycles. The Labute approximate surface area is 88.6 Å². The molecular formula is C11H14N2O2. The van der Waals surface area contributed by atoms with Gasteiger partial charge in [-0.15, -0.1) is 0 Å². The third-order valence-electron chi connectivity index (χ3n) is 2.53. The van der Waals surface area contributed by atoms with E-state index in [1.165, 1.54) is 5.06 Å². The van der Waals surface area contributed by atoms with Gasteiger partial charge in [0.25, 0.3) is 5.91 Å². The molecule has 1 saturated heterocycles. The van der Waals surface area contributed by atoms with E-state index in [0.29, 0.717) is 24.4 Å². The fourth-order valence-corrected chi connectivity index (χ4v) is 1.61. The molecule has 2 N–H and O–H groups in total. The molecule has 0 unspecified atom stereocenters. The van der Waals surface area contributed by atoms with E-state index in [9.17, 15) is 4.79 Å². The molecule has 15 heavy (non-hydrogen) atoms. The average molecular weight is 206 g/mol. The van der Waals surface area contributed by atoms with E-state index in [0.717, 1.165) is 12.0 Å². The van der Waals surface area contributed by atoms with Crippen molar-refractivity contribution in [3.05, 3.63) is 29.3 Å². The van der Waals surface area contributed by atoms with Crippen LogP contribution in [0, 0.1) is 6.92 Å². The third-order valence-corrected chi connectivity index (χ3v) is 2.53. The van der Waals surface area contributed by atoms with Crippen molar-refractivity contribution in [2.45, 2.75) is 13.3 Å². The van der Waals surface area contributed by atoms with Crippen LogP contribution < -0.4 is 5.73 Å². The molecule has 1 aromatic rings. The highest BCUT2D eigenvalue weighted by atomic mass is 16.7. The van der Waals surface area contributed by atoms with Gasteiger partial charge in [-0.1, -0.05) is 12.1 Å². The number of carbonyl (C=O) groups excluding carboxylic acids is 1. The first kappa shape index (κ1) is 9.98. The van der Waals surface area contributed by atoms with Crippen LogP contribution in [0.3, 0.4) is 0 Å². The Morgan fingerprint density at radius 3 is 3.00 bits per heavy atom. The number of nitrogen functional groups attached to an aromatic ring is 1. The van der Waals surface area contributed by atoms with Gasteiger partial charge in [-0.25, -0.2) is 5.06 Å². The van der Waals surface area contributed by atoms with Crippen molar-refractivity contribution < 1.29 is 9.63 Å². The van der Waals surface area contributed by atoms with Crippen LogP contribution in [0.4, 0.5) is 5.69 Å². The van der Waals surface area contributed by atoms with E-state index in [2.05, 4.69) is 0 Å². The first-order valence-corrected chi connectivity index (χ1v) is 5.00. The standard InChI is InChI=1S/C11H14N2O2/c1-8-4-2-5-9(10(8)12)11(14)13-6-3-7-15-13/h2,4-5H,3,6-7,12H2,1H3. The number of hydroxylamine groups is 2. The van der Waals surface area contributed by atoms with Gasteiger partial charge in [-0.3, -0.25) is 9.63 Å². The molecule has 4 heteroatoms. The zero-order valence-corrected chi connectivity index (χ0v) is 8.69. The van der Waals surface area contributed by atoms with Gasteiger partial charge in [-0.2, -0.15) is 0 Å². The Kier molecular flexibility index (Phi) is 2.60. The van der Waals surface area contributed by atoms with E-state index >= 15 is 0 Å². The van der Waals surface area contributed by atoms with Gasteiger partial charge >= 0.3 is 0 Å². The fourth-order valence-electron chi connectivity index (χ4n) is 1.61. The minimum atomic E-state index is -0.145. The Morgan fingerprint density at radius 2 is 2.33 bits per heavy atom. The van der Waals surface area contributed by atoms with Crippen LogP contribution in [-0.2, 0) is 4.84 Å². The van der Waals surface area contributed by atoms with Crippen molar-refractivity contribution in [2.75, 3.05) is 18.9 Å². The van der Waals surface area contributed by atoms with Crippen LogP contribution in [0.5, 0.6) is 0 Å². The normalized spacial score (nSPS) is 15.7. The Morgan fingerprint density at radius 1 is 1.53 bits per heavy atom. The lowest BCUT2D eigenvalue weighted by molar-refractivity contribution is -0.0767. The summed E-state index contributed by atoms with van der Waals surface area (Å²) in [6, 6.07) is 5.44. The number of amides is 1. The summed E-state index contributed by atoms with van der Waals surface area (Å²) in [5.74, 6) is -0.145. The number of anilines is 1. The van der Waals surface area contributed by atoms with Gasteiger partial charge in [0.15, 0.2) is 0 Å². The number of para-hydroxylation sites is 1. The molecule has 0 radical (unpaired) electrons. The maximum absolute atomic E-state index is 11.9. The third kappa shape index (κ3) is 1.80. The van der Waals surface area contributed by atoms with Crippen LogP contribution in [0.25, 0.3) is 0 Å². The SMILES string of the molecule is Cc1cccc(C(=O)N2CCCO2)c1N. The summed E-state index contributed by atoms with van der Waals surface area (Å²) in [7, 11) is 0. The number of hydrogen-bond donors (Lipinski definition) is 1. The Balaban J connectivity index is 2.28. The maximum atomic E-state index is 11.9. The summed E-state index contributed by atoms with van der Waals surface area (Å²) in [5.41, 5.74) is 7.83. The molecule has 1 heterocycles. The second-order valence-electron chi connectivity index (χ2n) is 3.63. The number of rotatable bonds is 1. The van der Waals surface area contributed by atoms with E-state index in [-0.39, 0.29) is 5.91 Å². The zero-order valence-electron chi connectivity index (χ0n) is 8.69. The minimum absolute atomic E-state index is 0.145. The second-order valence-corrected chi connectivity index (χ2v) is 3.63. The first-order chi connectivity index (χ1) is 7.20. The van der Waals surface area contributed by atoms with Gasteiger partial charge in [0.05, 0.1) is 18.7 Å². The minimum Gasteiger partial charge on any atom is -0.398 e. The molecule has 0 aliphatic carbocycles. The molecule has 0 saturated carbocycles. The molecule has 0 bridgehead atoms. The predicted molar refractivity (Wildman–Crippen MR) is 57.2 cm³/mol. The van der Waals surface area contributed by atoms with Gasteiger partial charge in [0, 0.05) is 5.69 Å². The van der Waals surface area contributed by atoms with E-state index in [1.807, 2.05) is 19.1 Å². The molecule has 1 fully saturated rings. The first-order valence-electron chi connectivity index (χ1n) is 5.00. The number of carbonyl (C=O) groups is 1. The van der Waals surface area contributed by atoms with Crippen LogP contribution >= 0.6 is 0 Å². The zero-order chi connectivity index (χ0) is 10.8. The van der Waals surface area contributed by atoms with Crippen molar-refractivity contribution in [3.8, 4) is 0 Å². The molecule has 0 aromatic heterocycles. The molecule has 0 spiro atoms. The van der Waals surface area contributed by atoms with Crippen molar-refractivity contribution in [2.24, 2.45) is 0 Å². The number of benzene rings is 1. The number of nitrogens with two attached hydrogens (primary N) is 1. The fraction of sp³-hybridized carbons (Fsp3) is 0.364. The summed E-state index contributed by atoms with van der Waals surface area (Å²) >= 11 is 0. The van der Waals surface area contributed by atoms with E-state index < -0.39 is 0 Å². The molecule has 0 atom stereocenters. The molecular weight excluding hydrogens is 192 g/mol. The Hall–Kier alpha value is -1.55. The van der Waals surface area contributed by atoms with Crippen LogP contribution in [0.2, 0.25) is 0 Å². The van der Waals surface area contributed by atoms with Gasteiger partial charge in [0.2, 0.25) is 0 Å². The number of hydrogen-bond acceptors (Lipinski definition) is 3. The van der Waals surface area contributed by atoms with Crippen molar-refractivity contribution in [1.29, 1.82) is 0 Å². The summed E-state index contributed by atoms with van der Waals surface area (Å²) in [6.07, 6.45) is 0.886. The van der Waals surface area contributed by atoms with Crippen molar-refractivity contribution in [3.63, 3.8) is 0 Å². The highest BCUT2D eigenvalue weighted by Gasteiger charge is 2.22. The van der Waals surface area contributed by atoms with Gasteiger partial charge in [-0.05, 0) is 25.0 Å². The van der Waals surface area contributed by atoms with Crippen LogP contribution in [0.15, 0.2) is 18.2 Å². The largest absolute Gasteiger partial charge is 0.398 e. The lowest BCUT2D eigenvalue weighted by atomic mass is 10.1. The maximum Gasteiger partial charge on any atom is 0.279 e. The van der Waals surface area contributed by atoms with Crippen LogP contribution in [-0.4, -0.2) is 24.1 Å². The molecule has 4 nitrogen and oxygen atoms in total. The molecule has 1 amide bonds. The quantitative estimate of drug-likeness (QED) is 0.706. The molecule has 2 rings (SSSR count). The summed E-state index contributed by atoms with van der Waals surface area (Å²) < 4.78 is 0. The van der Waals surface area contributed by atoms with Gasteiger partial charge < -0.3 is 5.73 Å².